The number of carbonyl (C=O) groups is 1. The van der Waals surface area contributed by atoms with Gasteiger partial charge in [-0.3, -0.25) is 4.79 Å². The highest BCUT2D eigenvalue weighted by atomic mass is 19.1. The SMILES string of the molecule is CCCC(CC(=O)OC)Nc1ncnc2ccc(F)cc12. The molecular formula is C15H18FN3O2. The van der Waals surface area contributed by atoms with Gasteiger partial charge in [0, 0.05) is 11.4 Å². The minimum Gasteiger partial charge on any atom is -0.469 e. The molecule has 0 radical (unpaired) electrons. The van der Waals surface area contributed by atoms with E-state index in [-0.39, 0.29) is 24.2 Å². The summed E-state index contributed by atoms with van der Waals surface area (Å²) in [6.45, 7) is 2.03. The monoisotopic (exact) mass is 291 g/mol. The number of ether oxygens (including phenoxy) is 1. The molecule has 1 atom stereocenters. The maximum absolute atomic E-state index is 13.4. The van der Waals surface area contributed by atoms with E-state index in [4.69, 9.17) is 4.74 Å². The molecule has 0 saturated carbocycles. The van der Waals surface area contributed by atoms with Gasteiger partial charge in [0.05, 0.1) is 19.0 Å². The largest absolute Gasteiger partial charge is 0.469 e. The van der Waals surface area contributed by atoms with Crippen LogP contribution in [-0.4, -0.2) is 29.1 Å². The molecule has 112 valence electrons. The fourth-order valence-corrected chi connectivity index (χ4v) is 2.20. The van der Waals surface area contributed by atoms with Crippen LogP contribution in [0.2, 0.25) is 0 Å². The van der Waals surface area contributed by atoms with Crippen LogP contribution in [0.25, 0.3) is 10.9 Å². The maximum atomic E-state index is 13.4. The van der Waals surface area contributed by atoms with Gasteiger partial charge in [0.15, 0.2) is 0 Å². The smallest absolute Gasteiger partial charge is 0.307 e. The highest BCUT2D eigenvalue weighted by Gasteiger charge is 2.15. The molecule has 5 nitrogen and oxygen atoms in total. The Morgan fingerprint density at radius 1 is 1.43 bits per heavy atom. The molecule has 1 aromatic heterocycles. The first-order chi connectivity index (χ1) is 10.1. The summed E-state index contributed by atoms with van der Waals surface area (Å²) in [4.78, 5) is 19.7. The zero-order chi connectivity index (χ0) is 15.2. The average Bonchev–Trinajstić information content (AvgIpc) is 2.48. The van der Waals surface area contributed by atoms with Crippen LogP contribution in [0.5, 0.6) is 0 Å². The lowest BCUT2D eigenvalue weighted by atomic mass is 10.1. The van der Waals surface area contributed by atoms with E-state index in [9.17, 15) is 9.18 Å². The van der Waals surface area contributed by atoms with Crippen LogP contribution in [-0.2, 0) is 9.53 Å². The van der Waals surface area contributed by atoms with Crippen molar-refractivity contribution in [2.75, 3.05) is 12.4 Å². The summed E-state index contributed by atoms with van der Waals surface area (Å²) in [5, 5.41) is 3.80. The Labute approximate surface area is 122 Å². The summed E-state index contributed by atoms with van der Waals surface area (Å²) in [7, 11) is 1.36. The number of carbonyl (C=O) groups excluding carboxylic acids is 1. The second-order valence-corrected chi connectivity index (χ2v) is 4.79. The number of hydrogen-bond donors (Lipinski definition) is 1. The Balaban J connectivity index is 2.27. The minimum absolute atomic E-state index is 0.108. The predicted molar refractivity (Wildman–Crippen MR) is 78.4 cm³/mol. The number of hydrogen-bond acceptors (Lipinski definition) is 5. The van der Waals surface area contributed by atoms with Crippen molar-refractivity contribution in [1.29, 1.82) is 0 Å². The van der Waals surface area contributed by atoms with E-state index in [1.54, 1.807) is 6.07 Å². The number of fused-ring (bicyclic) bond motifs is 1. The van der Waals surface area contributed by atoms with Gasteiger partial charge in [-0.15, -0.1) is 0 Å². The molecule has 0 aliphatic heterocycles. The van der Waals surface area contributed by atoms with Crippen molar-refractivity contribution in [3.63, 3.8) is 0 Å². The lowest BCUT2D eigenvalue weighted by molar-refractivity contribution is -0.140. The van der Waals surface area contributed by atoms with E-state index < -0.39 is 0 Å². The van der Waals surface area contributed by atoms with Gasteiger partial charge in [-0.2, -0.15) is 0 Å². The summed E-state index contributed by atoms with van der Waals surface area (Å²) in [6, 6.07) is 4.24. The van der Waals surface area contributed by atoms with E-state index in [1.165, 1.54) is 25.6 Å². The number of esters is 1. The molecule has 0 amide bonds. The molecular weight excluding hydrogens is 273 g/mol. The third kappa shape index (κ3) is 3.87. The summed E-state index contributed by atoms with van der Waals surface area (Å²) < 4.78 is 18.1. The normalized spacial score (nSPS) is 12.1. The standard InChI is InChI=1S/C15H18FN3O2/c1-3-4-11(8-14(20)21-2)19-15-12-7-10(16)5-6-13(12)17-9-18-15/h5-7,9,11H,3-4,8H2,1-2H3,(H,17,18,19). The van der Waals surface area contributed by atoms with Crippen molar-refractivity contribution in [2.24, 2.45) is 0 Å². The molecule has 1 unspecified atom stereocenters. The van der Waals surface area contributed by atoms with Gasteiger partial charge in [-0.05, 0) is 24.6 Å². The molecule has 1 N–H and O–H groups in total. The Bertz CT molecular complexity index is 633. The fraction of sp³-hybridized carbons (Fsp3) is 0.400. The van der Waals surface area contributed by atoms with Gasteiger partial charge in [0.2, 0.25) is 0 Å². The van der Waals surface area contributed by atoms with Crippen molar-refractivity contribution in [3.8, 4) is 0 Å². The molecule has 0 aliphatic carbocycles. The van der Waals surface area contributed by atoms with Crippen molar-refractivity contribution in [3.05, 3.63) is 30.3 Å². The first-order valence-electron chi connectivity index (χ1n) is 6.87. The number of methoxy groups -OCH3 is 1. The molecule has 2 aromatic rings. The Kier molecular flexibility index (Phi) is 5.03. The first-order valence-corrected chi connectivity index (χ1v) is 6.87. The van der Waals surface area contributed by atoms with Crippen molar-refractivity contribution in [2.45, 2.75) is 32.2 Å². The van der Waals surface area contributed by atoms with Crippen LogP contribution in [0.4, 0.5) is 10.2 Å². The van der Waals surface area contributed by atoms with Crippen LogP contribution in [0.1, 0.15) is 26.2 Å². The molecule has 21 heavy (non-hydrogen) atoms. The molecule has 1 heterocycles. The quantitative estimate of drug-likeness (QED) is 0.829. The number of halogens is 1. The molecule has 6 heteroatoms. The third-order valence-corrected chi connectivity index (χ3v) is 3.22. The number of rotatable bonds is 6. The number of nitrogens with zero attached hydrogens (tertiary/aromatic N) is 2. The first kappa shape index (κ1) is 15.2. The van der Waals surface area contributed by atoms with E-state index in [0.29, 0.717) is 16.7 Å². The van der Waals surface area contributed by atoms with Gasteiger partial charge in [0.1, 0.15) is 18.0 Å². The van der Waals surface area contributed by atoms with Crippen LogP contribution >= 0.6 is 0 Å². The number of nitrogens with one attached hydrogen (secondary N) is 1. The van der Waals surface area contributed by atoms with Crippen molar-refractivity contribution in [1.82, 2.24) is 9.97 Å². The van der Waals surface area contributed by atoms with Gasteiger partial charge < -0.3 is 10.1 Å². The van der Waals surface area contributed by atoms with E-state index in [2.05, 4.69) is 15.3 Å². The summed E-state index contributed by atoms with van der Waals surface area (Å²) in [5.74, 6) is -0.104. The second kappa shape index (κ2) is 6.97. The lowest BCUT2D eigenvalue weighted by Crippen LogP contribution is -2.24. The predicted octanol–water partition coefficient (Wildman–Crippen LogP) is 2.91. The van der Waals surface area contributed by atoms with Crippen LogP contribution < -0.4 is 5.32 Å². The van der Waals surface area contributed by atoms with E-state index >= 15 is 0 Å². The zero-order valence-electron chi connectivity index (χ0n) is 12.1. The lowest BCUT2D eigenvalue weighted by Gasteiger charge is -2.18. The van der Waals surface area contributed by atoms with Gasteiger partial charge in [-0.1, -0.05) is 13.3 Å². The molecule has 1 aromatic carbocycles. The molecule has 0 bridgehead atoms. The highest BCUT2D eigenvalue weighted by Crippen LogP contribution is 2.22. The van der Waals surface area contributed by atoms with Crippen LogP contribution in [0, 0.1) is 5.82 Å². The van der Waals surface area contributed by atoms with Crippen molar-refractivity contribution < 1.29 is 13.9 Å². The minimum atomic E-state index is -0.347. The number of benzene rings is 1. The zero-order valence-corrected chi connectivity index (χ0v) is 12.1. The molecule has 0 saturated heterocycles. The summed E-state index contributed by atoms with van der Waals surface area (Å²) in [5.41, 5.74) is 0.655. The summed E-state index contributed by atoms with van der Waals surface area (Å²) >= 11 is 0. The Hall–Kier alpha value is -2.24. The third-order valence-electron chi connectivity index (χ3n) is 3.22. The van der Waals surface area contributed by atoms with Crippen LogP contribution in [0.3, 0.4) is 0 Å². The molecule has 2 rings (SSSR count). The number of anilines is 1. The Morgan fingerprint density at radius 3 is 2.95 bits per heavy atom. The van der Waals surface area contributed by atoms with Gasteiger partial charge in [0.25, 0.3) is 0 Å². The topological polar surface area (TPSA) is 64.1 Å². The van der Waals surface area contributed by atoms with Crippen molar-refractivity contribution >= 4 is 22.7 Å². The molecule has 0 fully saturated rings. The molecule has 0 aliphatic rings. The Morgan fingerprint density at radius 2 is 2.24 bits per heavy atom. The van der Waals surface area contributed by atoms with E-state index in [1.807, 2.05) is 6.92 Å². The van der Waals surface area contributed by atoms with E-state index in [0.717, 1.165) is 12.8 Å². The van der Waals surface area contributed by atoms with Crippen LogP contribution in [0.15, 0.2) is 24.5 Å². The maximum Gasteiger partial charge on any atom is 0.307 e. The summed E-state index contributed by atoms with van der Waals surface area (Å²) in [6.07, 6.45) is 3.36. The molecule has 0 spiro atoms. The average molecular weight is 291 g/mol. The fourth-order valence-electron chi connectivity index (χ4n) is 2.20. The van der Waals surface area contributed by atoms with Gasteiger partial charge in [-0.25, -0.2) is 14.4 Å². The highest BCUT2D eigenvalue weighted by molar-refractivity contribution is 5.89. The van der Waals surface area contributed by atoms with Gasteiger partial charge >= 0.3 is 5.97 Å². The number of aromatic nitrogens is 2. The second-order valence-electron chi connectivity index (χ2n) is 4.79.